The van der Waals surface area contributed by atoms with Crippen LogP contribution in [0.5, 0.6) is 0 Å². The number of pyridine rings is 1. The molecule has 0 spiro atoms. The monoisotopic (exact) mass is 274 g/mol. The van der Waals surface area contributed by atoms with Crippen molar-refractivity contribution < 1.29 is 0 Å². The fourth-order valence-electron chi connectivity index (χ4n) is 2.93. The number of aromatic nitrogens is 2. The predicted octanol–water partition coefficient (Wildman–Crippen LogP) is 5.08. The highest BCUT2D eigenvalue weighted by Gasteiger charge is 2.12. The smallest absolute Gasteiger partial charge is 0.0972 e. The fraction of sp³-hybridized carbons (Fsp3) is 0. The first kappa shape index (κ1) is 10.4. The molecule has 0 radical (unpaired) electrons. The minimum Gasteiger partial charge on any atom is -0.352 e. The number of rotatable bonds is 0. The van der Waals surface area contributed by atoms with Gasteiger partial charge in [0.2, 0.25) is 0 Å². The molecular formula is C17H10N2S. The van der Waals surface area contributed by atoms with Crippen LogP contribution >= 0.6 is 11.3 Å². The lowest BCUT2D eigenvalue weighted by Gasteiger charge is -1.93. The third-order valence-corrected chi connectivity index (χ3v) is 5.07. The number of benzene rings is 2. The average Bonchev–Trinajstić information content (AvgIpc) is 3.05. The molecule has 0 bridgehead atoms. The Labute approximate surface area is 118 Å². The average molecular weight is 274 g/mol. The van der Waals surface area contributed by atoms with Gasteiger partial charge in [-0.15, -0.1) is 11.3 Å². The quantitative estimate of drug-likeness (QED) is 0.419. The highest BCUT2D eigenvalue weighted by molar-refractivity contribution is 7.26. The van der Waals surface area contributed by atoms with Gasteiger partial charge in [-0.1, -0.05) is 36.4 Å². The van der Waals surface area contributed by atoms with E-state index in [1.165, 1.54) is 25.6 Å². The summed E-state index contributed by atoms with van der Waals surface area (Å²) in [7, 11) is 0. The Morgan fingerprint density at radius 3 is 2.60 bits per heavy atom. The van der Waals surface area contributed by atoms with Crippen molar-refractivity contribution in [3.63, 3.8) is 0 Å². The summed E-state index contributed by atoms with van der Waals surface area (Å²) >= 11 is 1.84. The minimum absolute atomic E-state index is 1.07. The van der Waals surface area contributed by atoms with E-state index in [1.807, 2.05) is 17.5 Å². The van der Waals surface area contributed by atoms with Crippen molar-refractivity contribution in [3.05, 3.63) is 54.7 Å². The SMILES string of the molecule is c1ccc2c(c1)[nH]c1c2ncc2c3ccccc3sc21. The van der Waals surface area contributed by atoms with Gasteiger partial charge in [0.25, 0.3) is 0 Å². The number of aromatic amines is 1. The topological polar surface area (TPSA) is 28.7 Å². The summed E-state index contributed by atoms with van der Waals surface area (Å²) in [4.78, 5) is 8.23. The number of hydrogen-bond donors (Lipinski definition) is 1. The Kier molecular flexibility index (Phi) is 1.86. The second kappa shape index (κ2) is 3.58. The zero-order valence-corrected chi connectivity index (χ0v) is 11.4. The molecule has 0 saturated carbocycles. The van der Waals surface area contributed by atoms with Crippen molar-refractivity contribution in [1.29, 1.82) is 0 Å². The van der Waals surface area contributed by atoms with Crippen LogP contribution < -0.4 is 0 Å². The summed E-state index contributed by atoms with van der Waals surface area (Å²) in [5.74, 6) is 0. The van der Waals surface area contributed by atoms with Gasteiger partial charge < -0.3 is 4.98 Å². The number of para-hydroxylation sites is 1. The number of nitrogens with one attached hydrogen (secondary N) is 1. The van der Waals surface area contributed by atoms with Gasteiger partial charge in [-0.3, -0.25) is 4.98 Å². The van der Waals surface area contributed by atoms with E-state index in [4.69, 9.17) is 4.98 Å². The Balaban J connectivity index is 2.10. The normalized spacial score (nSPS) is 12.0. The zero-order chi connectivity index (χ0) is 13.1. The fourth-order valence-corrected chi connectivity index (χ4v) is 4.11. The molecule has 20 heavy (non-hydrogen) atoms. The summed E-state index contributed by atoms with van der Waals surface area (Å²) in [6, 6.07) is 16.9. The number of nitrogens with zero attached hydrogens (tertiary/aromatic N) is 1. The summed E-state index contributed by atoms with van der Waals surface area (Å²) in [5.41, 5.74) is 3.38. The maximum atomic E-state index is 4.70. The van der Waals surface area contributed by atoms with Crippen molar-refractivity contribution in [3.8, 4) is 0 Å². The molecule has 94 valence electrons. The third-order valence-electron chi connectivity index (χ3n) is 3.86. The molecule has 0 aliphatic carbocycles. The summed E-state index contributed by atoms with van der Waals surface area (Å²) < 4.78 is 2.61. The molecule has 0 saturated heterocycles. The van der Waals surface area contributed by atoms with E-state index in [0.29, 0.717) is 0 Å². The van der Waals surface area contributed by atoms with Crippen LogP contribution in [0, 0.1) is 0 Å². The zero-order valence-electron chi connectivity index (χ0n) is 10.6. The molecule has 5 rings (SSSR count). The van der Waals surface area contributed by atoms with Crippen LogP contribution in [0.25, 0.3) is 42.1 Å². The number of H-pyrrole nitrogens is 1. The minimum atomic E-state index is 1.07. The Morgan fingerprint density at radius 2 is 1.65 bits per heavy atom. The molecule has 0 fully saturated rings. The number of fused-ring (bicyclic) bond motifs is 7. The van der Waals surface area contributed by atoms with Crippen LogP contribution in [0.15, 0.2) is 54.7 Å². The van der Waals surface area contributed by atoms with Gasteiger partial charge in [-0.2, -0.15) is 0 Å². The second-order valence-electron chi connectivity index (χ2n) is 4.99. The van der Waals surface area contributed by atoms with Crippen LogP contribution in [-0.4, -0.2) is 9.97 Å². The van der Waals surface area contributed by atoms with E-state index in [0.717, 1.165) is 16.6 Å². The van der Waals surface area contributed by atoms with Crippen LogP contribution in [0.4, 0.5) is 0 Å². The van der Waals surface area contributed by atoms with E-state index in [1.54, 1.807) is 0 Å². The van der Waals surface area contributed by atoms with Gasteiger partial charge in [0, 0.05) is 32.6 Å². The molecule has 5 aromatic rings. The molecule has 0 unspecified atom stereocenters. The van der Waals surface area contributed by atoms with Crippen molar-refractivity contribution >= 4 is 53.4 Å². The Morgan fingerprint density at radius 1 is 0.850 bits per heavy atom. The van der Waals surface area contributed by atoms with Gasteiger partial charge >= 0.3 is 0 Å². The molecule has 0 aliphatic rings. The van der Waals surface area contributed by atoms with Gasteiger partial charge in [0.15, 0.2) is 0 Å². The summed E-state index contributed by atoms with van der Waals surface area (Å²) in [6.07, 6.45) is 2.01. The largest absolute Gasteiger partial charge is 0.352 e. The lowest BCUT2D eigenvalue weighted by molar-refractivity contribution is 1.46. The van der Waals surface area contributed by atoms with E-state index in [2.05, 4.69) is 53.5 Å². The van der Waals surface area contributed by atoms with Crippen molar-refractivity contribution in [2.24, 2.45) is 0 Å². The molecule has 0 atom stereocenters. The second-order valence-corrected chi connectivity index (χ2v) is 6.05. The van der Waals surface area contributed by atoms with E-state index in [-0.39, 0.29) is 0 Å². The van der Waals surface area contributed by atoms with Crippen LogP contribution in [-0.2, 0) is 0 Å². The number of thiophene rings is 1. The van der Waals surface area contributed by atoms with Crippen molar-refractivity contribution in [2.75, 3.05) is 0 Å². The van der Waals surface area contributed by atoms with Crippen molar-refractivity contribution in [1.82, 2.24) is 9.97 Å². The van der Waals surface area contributed by atoms with E-state index in [9.17, 15) is 0 Å². The van der Waals surface area contributed by atoms with Crippen molar-refractivity contribution in [2.45, 2.75) is 0 Å². The molecule has 1 N–H and O–H groups in total. The molecular weight excluding hydrogens is 264 g/mol. The van der Waals surface area contributed by atoms with E-state index >= 15 is 0 Å². The van der Waals surface area contributed by atoms with Gasteiger partial charge in [0.05, 0.1) is 15.7 Å². The predicted molar refractivity (Wildman–Crippen MR) is 86.5 cm³/mol. The molecule has 3 aromatic heterocycles. The molecule has 0 amide bonds. The first-order valence-electron chi connectivity index (χ1n) is 6.58. The lowest BCUT2D eigenvalue weighted by Crippen LogP contribution is -1.75. The number of hydrogen-bond acceptors (Lipinski definition) is 2. The van der Waals surface area contributed by atoms with Crippen LogP contribution in [0.3, 0.4) is 0 Å². The maximum Gasteiger partial charge on any atom is 0.0972 e. The molecule has 3 heterocycles. The maximum absolute atomic E-state index is 4.70. The first-order chi connectivity index (χ1) is 9.92. The first-order valence-corrected chi connectivity index (χ1v) is 7.40. The third kappa shape index (κ3) is 1.20. The van der Waals surface area contributed by atoms with Gasteiger partial charge in [-0.05, 0) is 12.1 Å². The Hall–Kier alpha value is -2.39. The van der Waals surface area contributed by atoms with E-state index < -0.39 is 0 Å². The van der Waals surface area contributed by atoms with Crippen LogP contribution in [0.2, 0.25) is 0 Å². The highest BCUT2D eigenvalue weighted by atomic mass is 32.1. The molecule has 2 nitrogen and oxygen atoms in total. The standard InChI is InChI=1S/C17H10N2S/c1-3-7-13-11(6-1)15-16(19-13)17-12(9-18-15)10-5-2-4-8-14(10)20-17/h1-9,19H. The van der Waals surface area contributed by atoms with Gasteiger partial charge in [0.1, 0.15) is 0 Å². The summed E-state index contributed by atoms with van der Waals surface area (Å²) in [6.45, 7) is 0. The Bertz CT molecular complexity index is 1010. The van der Waals surface area contributed by atoms with Crippen LogP contribution in [0.1, 0.15) is 0 Å². The summed E-state index contributed by atoms with van der Waals surface area (Å²) in [5, 5.41) is 3.73. The molecule has 3 heteroatoms. The highest BCUT2D eigenvalue weighted by Crippen LogP contribution is 2.38. The lowest BCUT2D eigenvalue weighted by atomic mass is 10.2. The molecule has 2 aromatic carbocycles. The van der Waals surface area contributed by atoms with Gasteiger partial charge in [-0.25, -0.2) is 0 Å². The molecule has 0 aliphatic heterocycles.